The second-order valence-corrected chi connectivity index (χ2v) is 7.36. The van der Waals surface area contributed by atoms with E-state index in [4.69, 9.17) is 5.73 Å². The molecule has 0 aromatic rings. The van der Waals surface area contributed by atoms with Crippen LogP contribution in [0.2, 0.25) is 0 Å². The Morgan fingerprint density at radius 3 is 1.95 bits per heavy atom. The van der Waals surface area contributed by atoms with Gasteiger partial charge >= 0.3 is 12.1 Å². The molecule has 21 heavy (non-hydrogen) atoms. The minimum atomic E-state index is -1.01. The number of carbonyl (C=O) groups is 2. The molecule has 4 saturated carbocycles. The second-order valence-electron chi connectivity index (χ2n) is 7.36. The number of allylic oxidation sites excluding steroid dienone is 1. The smallest absolute Gasteiger partial charge is 0.373 e. The Kier molecular flexibility index (Phi) is 3.58. The molecule has 4 bridgehead atoms. The highest BCUT2D eigenvalue weighted by molar-refractivity contribution is 5.95. The maximum Gasteiger partial charge on any atom is 0.412 e. The number of primary amides is 1. The maximum atomic E-state index is 12.1. The van der Waals surface area contributed by atoms with E-state index in [1.54, 1.807) is 6.92 Å². The van der Waals surface area contributed by atoms with Gasteiger partial charge in [-0.3, -0.25) is 0 Å². The molecule has 0 spiro atoms. The van der Waals surface area contributed by atoms with Crippen LogP contribution in [0.4, 0.5) is 4.79 Å². The Morgan fingerprint density at radius 2 is 1.57 bits per heavy atom. The lowest BCUT2D eigenvalue weighted by atomic mass is 9.47. The van der Waals surface area contributed by atoms with Gasteiger partial charge in [0.25, 0.3) is 0 Å². The zero-order chi connectivity index (χ0) is 15.2. The highest BCUT2D eigenvalue weighted by Gasteiger charge is 2.52. The molecule has 4 fully saturated rings. The minimum absolute atomic E-state index is 0.185. The molecule has 2 N–H and O–H groups in total. The van der Waals surface area contributed by atoms with Crippen molar-refractivity contribution in [3.05, 3.63) is 11.1 Å². The van der Waals surface area contributed by atoms with E-state index in [2.05, 4.69) is 11.7 Å². The van der Waals surface area contributed by atoms with Gasteiger partial charge in [0, 0.05) is 5.57 Å². The van der Waals surface area contributed by atoms with Crippen LogP contribution in [0.3, 0.4) is 0 Å². The van der Waals surface area contributed by atoms with Crippen LogP contribution in [-0.2, 0) is 9.53 Å². The molecule has 0 radical (unpaired) electrons. The third-order valence-electron chi connectivity index (χ3n) is 5.98. The molecule has 0 aliphatic heterocycles. The van der Waals surface area contributed by atoms with Crippen molar-refractivity contribution in [2.24, 2.45) is 28.9 Å². The number of hydrogen-bond donors (Lipinski definition) is 1. The normalized spacial score (nSPS) is 38.1. The van der Waals surface area contributed by atoms with Crippen molar-refractivity contribution in [2.75, 3.05) is 0 Å². The molecular formula is C17H25NO3. The number of hydrogen-bond acceptors (Lipinski definition) is 3. The summed E-state index contributed by atoms with van der Waals surface area (Å²) in [6.45, 7) is 3.90. The maximum absolute atomic E-state index is 12.1. The second kappa shape index (κ2) is 5.15. The predicted molar refractivity (Wildman–Crippen MR) is 79.3 cm³/mol. The number of esters is 1. The van der Waals surface area contributed by atoms with Crippen LogP contribution in [0.5, 0.6) is 0 Å². The van der Waals surface area contributed by atoms with E-state index < -0.39 is 12.1 Å². The monoisotopic (exact) mass is 291 g/mol. The lowest BCUT2D eigenvalue weighted by Gasteiger charge is -2.58. The predicted octanol–water partition coefficient (Wildman–Crippen LogP) is 3.55. The van der Waals surface area contributed by atoms with Crippen LogP contribution in [0.1, 0.15) is 58.8 Å². The van der Waals surface area contributed by atoms with Crippen LogP contribution in [-0.4, -0.2) is 12.1 Å². The number of carbonyl (C=O) groups excluding carboxylic acids is 2. The van der Waals surface area contributed by atoms with Gasteiger partial charge in [-0.15, -0.1) is 0 Å². The van der Waals surface area contributed by atoms with E-state index in [1.807, 2.05) is 0 Å². The summed E-state index contributed by atoms with van der Waals surface area (Å²) in [5, 5.41) is 0. The molecule has 116 valence electrons. The van der Waals surface area contributed by atoms with E-state index in [-0.39, 0.29) is 5.41 Å². The molecule has 0 aromatic carbocycles. The molecular weight excluding hydrogens is 266 g/mol. The first-order valence-corrected chi connectivity index (χ1v) is 8.15. The topological polar surface area (TPSA) is 69.4 Å². The fraction of sp³-hybridized carbons (Fsp3) is 0.765. The van der Waals surface area contributed by atoms with Crippen molar-refractivity contribution in [3.8, 4) is 0 Å². The summed E-state index contributed by atoms with van der Waals surface area (Å²) < 4.78 is 4.60. The summed E-state index contributed by atoms with van der Waals surface area (Å²) in [5.41, 5.74) is 6.98. The van der Waals surface area contributed by atoms with Gasteiger partial charge in [0.1, 0.15) is 0 Å². The Balaban J connectivity index is 1.92. The lowest BCUT2D eigenvalue weighted by molar-refractivity contribution is -0.133. The molecule has 0 saturated heterocycles. The van der Waals surface area contributed by atoms with E-state index in [1.165, 1.54) is 44.1 Å². The quantitative estimate of drug-likeness (QED) is 0.491. The van der Waals surface area contributed by atoms with Gasteiger partial charge in [-0.2, -0.15) is 0 Å². The van der Waals surface area contributed by atoms with Gasteiger partial charge in [0.2, 0.25) is 0 Å². The summed E-state index contributed by atoms with van der Waals surface area (Å²) in [7, 11) is 0. The zero-order valence-corrected chi connectivity index (χ0v) is 13.0. The van der Waals surface area contributed by atoms with Gasteiger partial charge in [0.15, 0.2) is 0 Å². The van der Waals surface area contributed by atoms with Crippen LogP contribution in [0.15, 0.2) is 11.1 Å². The Bertz CT molecular complexity index is 471. The molecule has 4 nitrogen and oxygen atoms in total. The van der Waals surface area contributed by atoms with Crippen LogP contribution >= 0.6 is 0 Å². The highest BCUT2D eigenvalue weighted by Crippen LogP contribution is 2.63. The first kappa shape index (κ1) is 14.6. The third-order valence-corrected chi connectivity index (χ3v) is 5.98. The molecule has 4 heteroatoms. The number of rotatable bonds is 3. The molecule has 0 aromatic heterocycles. The van der Waals surface area contributed by atoms with Crippen LogP contribution in [0.25, 0.3) is 0 Å². The number of amides is 1. The lowest BCUT2D eigenvalue weighted by Crippen LogP contribution is -2.47. The fourth-order valence-corrected chi connectivity index (χ4v) is 5.81. The van der Waals surface area contributed by atoms with E-state index in [0.29, 0.717) is 5.57 Å². The average molecular weight is 291 g/mol. The fourth-order valence-electron chi connectivity index (χ4n) is 5.81. The van der Waals surface area contributed by atoms with Crippen molar-refractivity contribution in [1.29, 1.82) is 0 Å². The molecule has 0 unspecified atom stereocenters. The molecule has 1 amide bonds. The average Bonchev–Trinajstić information content (AvgIpc) is 2.36. The van der Waals surface area contributed by atoms with Crippen molar-refractivity contribution in [3.63, 3.8) is 0 Å². The minimum Gasteiger partial charge on any atom is -0.373 e. The van der Waals surface area contributed by atoms with Gasteiger partial charge in [-0.1, -0.05) is 12.5 Å². The number of ether oxygens (including phenoxy) is 1. The molecule has 4 aliphatic carbocycles. The largest absolute Gasteiger partial charge is 0.412 e. The van der Waals surface area contributed by atoms with Crippen molar-refractivity contribution in [1.82, 2.24) is 0 Å². The molecule has 0 heterocycles. The van der Waals surface area contributed by atoms with Gasteiger partial charge in [-0.05, 0) is 75.0 Å². The van der Waals surface area contributed by atoms with Crippen LogP contribution in [0, 0.1) is 23.2 Å². The molecule has 0 atom stereocenters. The Morgan fingerprint density at radius 1 is 1.10 bits per heavy atom. The summed E-state index contributed by atoms with van der Waals surface area (Å²) in [4.78, 5) is 22.9. The molecule has 4 aliphatic rings. The summed E-state index contributed by atoms with van der Waals surface area (Å²) in [6, 6.07) is 0. The standard InChI is InChI=1S/C17H25NO3/c1-3-14(10(2)15(19)21-16(18)20)17-7-11-4-12(8-17)6-13(5-11)9-17/h11-13H,3-9H2,1-2H3,(H2,18,20)/b14-10+. The third kappa shape index (κ3) is 2.49. The first-order valence-electron chi connectivity index (χ1n) is 8.15. The highest BCUT2D eigenvalue weighted by atomic mass is 16.6. The van der Waals surface area contributed by atoms with E-state index in [9.17, 15) is 9.59 Å². The van der Waals surface area contributed by atoms with Crippen molar-refractivity contribution < 1.29 is 14.3 Å². The first-order chi connectivity index (χ1) is 9.93. The van der Waals surface area contributed by atoms with Crippen molar-refractivity contribution in [2.45, 2.75) is 58.8 Å². The summed E-state index contributed by atoms with van der Waals surface area (Å²) in [5.74, 6) is 1.93. The Labute approximate surface area is 126 Å². The van der Waals surface area contributed by atoms with E-state index >= 15 is 0 Å². The van der Waals surface area contributed by atoms with Gasteiger partial charge in [-0.25, -0.2) is 9.59 Å². The summed E-state index contributed by atoms with van der Waals surface area (Å²) >= 11 is 0. The summed E-state index contributed by atoms with van der Waals surface area (Å²) in [6.07, 6.45) is 7.60. The van der Waals surface area contributed by atoms with Gasteiger partial charge in [0.05, 0.1) is 0 Å². The zero-order valence-electron chi connectivity index (χ0n) is 13.0. The molecule has 4 rings (SSSR count). The number of nitrogens with two attached hydrogens (primary N) is 1. The van der Waals surface area contributed by atoms with Gasteiger partial charge < -0.3 is 10.5 Å². The van der Waals surface area contributed by atoms with Crippen molar-refractivity contribution >= 4 is 12.1 Å². The SMILES string of the molecule is CC/C(=C(/C)C(=O)OC(N)=O)C12CC3CC(CC(C3)C1)C2. The van der Waals surface area contributed by atoms with Crippen LogP contribution < -0.4 is 5.73 Å². The Hall–Kier alpha value is -1.32. The van der Waals surface area contributed by atoms with E-state index in [0.717, 1.165) is 24.2 Å².